The molecule has 114 valence electrons. The summed E-state index contributed by atoms with van der Waals surface area (Å²) < 4.78 is 16.4. The molecule has 0 spiro atoms. The van der Waals surface area contributed by atoms with Gasteiger partial charge in [0.1, 0.15) is 18.1 Å². The van der Waals surface area contributed by atoms with Gasteiger partial charge in [0.15, 0.2) is 6.79 Å². The highest BCUT2D eigenvalue weighted by Gasteiger charge is 2.21. The molecule has 0 saturated carbocycles. The van der Waals surface area contributed by atoms with E-state index in [1.807, 2.05) is 31.2 Å². The summed E-state index contributed by atoms with van der Waals surface area (Å²) in [5.41, 5.74) is 2.41. The maximum atomic E-state index is 11.0. The Balaban J connectivity index is 1.88. The Labute approximate surface area is 127 Å². The van der Waals surface area contributed by atoms with Crippen LogP contribution in [0.5, 0.6) is 11.5 Å². The second-order valence-electron chi connectivity index (χ2n) is 5.07. The molecule has 0 saturated heterocycles. The molecule has 2 aromatic carbocycles. The Kier molecular flexibility index (Phi) is 3.93. The number of fused-ring (bicyclic) bond motifs is 1. The van der Waals surface area contributed by atoms with Crippen molar-refractivity contribution in [2.24, 2.45) is 0 Å². The second-order valence-corrected chi connectivity index (χ2v) is 5.07. The summed E-state index contributed by atoms with van der Waals surface area (Å²) in [6.07, 6.45) is 0. The van der Waals surface area contributed by atoms with Crippen LogP contribution < -0.4 is 9.47 Å². The van der Waals surface area contributed by atoms with Crippen molar-refractivity contribution in [2.45, 2.75) is 20.1 Å². The van der Waals surface area contributed by atoms with Gasteiger partial charge >= 0.3 is 0 Å². The summed E-state index contributed by atoms with van der Waals surface area (Å²) >= 11 is 0. The zero-order chi connectivity index (χ0) is 15.5. The standard InChI is InChI=1S/C16H15NO5/c1-11-3-2-4-15(5-11)21-9-13-7-14(17(18)19)6-12-8-20-10-22-16(12)13/h2-7H,8-10H2,1H3. The van der Waals surface area contributed by atoms with Crippen molar-refractivity contribution in [3.8, 4) is 11.5 Å². The van der Waals surface area contributed by atoms with Crippen LogP contribution in [0.3, 0.4) is 0 Å². The van der Waals surface area contributed by atoms with Crippen molar-refractivity contribution in [2.75, 3.05) is 6.79 Å². The van der Waals surface area contributed by atoms with E-state index in [-0.39, 0.29) is 19.1 Å². The molecule has 0 bridgehead atoms. The summed E-state index contributed by atoms with van der Waals surface area (Å²) in [7, 11) is 0. The number of rotatable bonds is 4. The smallest absolute Gasteiger partial charge is 0.270 e. The minimum atomic E-state index is -0.426. The number of aryl methyl sites for hydroxylation is 1. The van der Waals surface area contributed by atoms with Crippen LogP contribution in [0.15, 0.2) is 36.4 Å². The number of nitrogens with zero attached hydrogens (tertiary/aromatic N) is 1. The molecule has 0 N–H and O–H groups in total. The zero-order valence-electron chi connectivity index (χ0n) is 12.1. The van der Waals surface area contributed by atoms with Gasteiger partial charge in [0, 0.05) is 23.3 Å². The molecule has 0 fully saturated rings. The Bertz CT molecular complexity index is 714. The first-order chi connectivity index (χ1) is 10.6. The summed E-state index contributed by atoms with van der Waals surface area (Å²) in [4.78, 5) is 10.6. The van der Waals surface area contributed by atoms with Crippen molar-refractivity contribution >= 4 is 5.69 Å². The average Bonchev–Trinajstić information content (AvgIpc) is 2.52. The van der Waals surface area contributed by atoms with Gasteiger partial charge < -0.3 is 14.2 Å². The van der Waals surface area contributed by atoms with Crippen LogP contribution >= 0.6 is 0 Å². The molecule has 1 aliphatic heterocycles. The highest BCUT2D eigenvalue weighted by Crippen LogP contribution is 2.33. The van der Waals surface area contributed by atoms with Gasteiger partial charge in [0.05, 0.1) is 11.5 Å². The highest BCUT2D eigenvalue weighted by atomic mass is 16.7. The van der Waals surface area contributed by atoms with E-state index < -0.39 is 4.92 Å². The predicted molar refractivity (Wildman–Crippen MR) is 78.9 cm³/mol. The van der Waals surface area contributed by atoms with Crippen molar-refractivity contribution in [3.05, 3.63) is 63.2 Å². The lowest BCUT2D eigenvalue weighted by molar-refractivity contribution is -0.385. The molecule has 22 heavy (non-hydrogen) atoms. The first-order valence-corrected chi connectivity index (χ1v) is 6.83. The van der Waals surface area contributed by atoms with Crippen LogP contribution in [0, 0.1) is 17.0 Å². The molecule has 6 nitrogen and oxygen atoms in total. The van der Waals surface area contributed by atoms with Gasteiger partial charge in [-0.1, -0.05) is 12.1 Å². The van der Waals surface area contributed by atoms with Gasteiger partial charge in [0.2, 0.25) is 0 Å². The molecular formula is C16H15NO5. The monoisotopic (exact) mass is 301 g/mol. The number of nitro benzene ring substituents is 1. The molecule has 0 amide bonds. The maximum absolute atomic E-state index is 11.0. The third-order valence-electron chi connectivity index (χ3n) is 3.37. The molecule has 0 atom stereocenters. The Hall–Kier alpha value is -2.60. The van der Waals surface area contributed by atoms with Crippen LogP contribution in [0.2, 0.25) is 0 Å². The van der Waals surface area contributed by atoms with Crippen LogP contribution in [0.25, 0.3) is 0 Å². The first-order valence-electron chi connectivity index (χ1n) is 6.83. The first kappa shape index (κ1) is 14.3. The van der Waals surface area contributed by atoms with Gasteiger partial charge in [-0.25, -0.2) is 0 Å². The van der Waals surface area contributed by atoms with E-state index in [4.69, 9.17) is 14.2 Å². The number of benzene rings is 2. The Morgan fingerprint density at radius 3 is 2.95 bits per heavy atom. The summed E-state index contributed by atoms with van der Waals surface area (Å²) in [6, 6.07) is 10.6. The molecule has 0 aromatic heterocycles. The molecule has 0 radical (unpaired) electrons. The van der Waals surface area contributed by atoms with Crippen molar-refractivity contribution in [1.29, 1.82) is 0 Å². The van der Waals surface area contributed by atoms with Gasteiger partial charge in [0.25, 0.3) is 5.69 Å². The summed E-state index contributed by atoms with van der Waals surface area (Å²) in [5, 5.41) is 11.0. The predicted octanol–water partition coefficient (Wildman–Crippen LogP) is 3.35. The van der Waals surface area contributed by atoms with Crippen LogP contribution in [-0.2, 0) is 18.0 Å². The number of non-ortho nitro benzene ring substituents is 1. The van der Waals surface area contributed by atoms with Crippen molar-refractivity contribution in [3.63, 3.8) is 0 Å². The normalized spacial score (nSPS) is 13.1. The van der Waals surface area contributed by atoms with E-state index in [9.17, 15) is 10.1 Å². The van der Waals surface area contributed by atoms with E-state index in [1.165, 1.54) is 12.1 Å². The minimum absolute atomic E-state index is 0.00990. The lowest BCUT2D eigenvalue weighted by atomic mass is 10.1. The lowest BCUT2D eigenvalue weighted by Gasteiger charge is -2.20. The fourth-order valence-electron chi connectivity index (χ4n) is 2.36. The maximum Gasteiger partial charge on any atom is 0.270 e. The van der Waals surface area contributed by atoms with Crippen LogP contribution in [0.4, 0.5) is 5.69 Å². The fourth-order valence-corrected chi connectivity index (χ4v) is 2.36. The minimum Gasteiger partial charge on any atom is -0.489 e. The van der Waals surface area contributed by atoms with E-state index in [0.29, 0.717) is 29.2 Å². The molecule has 1 heterocycles. The molecule has 2 aromatic rings. The molecule has 1 aliphatic rings. The summed E-state index contributed by atoms with van der Waals surface area (Å²) in [6.45, 7) is 2.62. The van der Waals surface area contributed by atoms with Gasteiger partial charge in [-0.3, -0.25) is 10.1 Å². The quantitative estimate of drug-likeness (QED) is 0.639. The number of nitro groups is 1. The van der Waals surface area contributed by atoms with E-state index in [0.717, 1.165) is 5.56 Å². The average molecular weight is 301 g/mol. The second kappa shape index (κ2) is 6.03. The fraction of sp³-hybridized carbons (Fsp3) is 0.250. The summed E-state index contributed by atoms with van der Waals surface area (Å²) in [5.74, 6) is 1.33. The van der Waals surface area contributed by atoms with E-state index in [1.54, 1.807) is 0 Å². The molecule has 6 heteroatoms. The Morgan fingerprint density at radius 2 is 2.18 bits per heavy atom. The molecular weight excluding hydrogens is 286 g/mol. The zero-order valence-corrected chi connectivity index (χ0v) is 12.1. The van der Waals surface area contributed by atoms with Gasteiger partial charge in [-0.05, 0) is 24.6 Å². The largest absolute Gasteiger partial charge is 0.489 e. The lowest BCUT2D eigenvalue weighted by Crippen LogP contribution is -2.14. The van der Waals surface area contributed by atoms with Crippen LogP contribution in [-0.4, -0.2) is 11.7 Å². The van der Waals surface area contributed by atoms with Crippen LogP contribution in [0.1, 0.15) is 16.7 Å². The van der Waals surface area contributed by atoms with Crippen molar-refractivity contribution in [1.82, 2.24) is 0 Å². The molecule has 0 aliphatic carbocycles. The van der Waals surface area contributed by atoms with E-state index >= 15 is 0 Å². The number of hydrogen-bond acceptors (Lipinski definition) is 5. The van der Waals surface area contributed by atoms with Gasteiger partial charge in [-0.2, -0.15) is 0 Å². The van der Waals surface area contributed by atoms with Gasteiger partial charge in [-0.15, -0.1) is 0 Å². The third-order valence-corrected chi connectivity index (χ3v) is 3.37. The molecule has 0 unspecified atom stereocenters. The SMILES string of the molecule is Cc1cccc(OCc2cc([N+](=O)[O-])cc3c2OCOC3)c1. The number of ether oxygens (including phenoxy) is 3. The van der Waals surface area contributed by atoms with Crippen molar-refractivity contribution < 1.29 is 19.1 Å². The molecule has 3 rings (SSSR count). The van der Waals surface area contributed by atoms with E-state index in [2.05, 4.69) is 0 Å². The number of hydrogen-bond donors (Lipinski definition) is 0. The Morgan fingerprint density at radius 1 is 1.32 bits per heavy atom. The topological polar surface area (TPSA) is 70.8 Å². The highest BCUT2D eigenvalue weighted by molar-refractivity contribution is 5.50. The third kappa shape index (κ3) is 3.01.